The molecule has 0 bridgehead atoms. The molecule has 0 radical (unpaired) electrons. The Bertz CT molecular complexity index is 1420. The lowest BCUT2D eigenvalue weighted by Gasteiger charge is -2.35. The molecule has 0 aromatic heterocycles. The van der Waals surface area contributed by atoms with Gasteiger partial charge in [0.15, 0.2) is 11.6 Å². The fourth-order valence-electron chi connectivity index (χ4n) is 3.81. The fraction of sp³-hybridized carbons (Fsp3) is 0.240. The van der Waals surface area contributed by atoms with Gasteiger partial charge in [0.1, 0.15) is 18.5 Å². The highest BCUT2D eigenvalue weighted by Gasteiger charge is 2.36. The lowest BCUT2D eigenvalue weighted by atomic mass is 10.1. The first-order valence-corrected chi connectivity index (χ1v) is 12.8. The molecule has 196 valence electrons. The molecule has 3 aromatic rings. The smallest absolute Gasteiger partial charge is 0.307 e. The number of anilines is 1. The number of alkyl halides is 2. The molecule has 1 heterocycles. The molecular formula is C25H21ClF3NO6S. The van der Waals surface area contributed by atoms with E-state index in [1.165, 1.54) is 42.5 Å². The number of benzene rings is 3. The van der Waals surface area contributed by atoms with Crippen LogP contribution in [0.2, 0.25) is 5.02 Å². The largest absolute Gasteiger partial charge is 0.486 e. The summed E-state index contributed by atoms with van der Waals surface area (Å²) in [6, 6.07) is 12.8. The van der Waals surface area contributed by atoms with Crippen LogP contribution in [0.1, 0.15) is 24.5 Å². The van der Waals surface area contributed by atoms with Gasteiger partial charge in [0.05, 0.1) is 28.6 Å². The summed E-state index contributed by atoms with van der Waals surface area (Å²) in [6.45, 7) is 0.0928. The van der Waals surface area contributed by atoms with Crippen LogP contribution < -0.4 is 13.8 Å². The molecule has 0 saturated heterocycles. The van der Waals surface area contributed by atoms with Gasteiger partial charge in [-0.15, -0.1) is 0 Å². The molecule has 0 amide bonds. The van der Waals surface area contributed by atoms with Gasteiger partial charge in [0, 0.05) is 12.5 Å². The van der Waals surface area contributed by atoms with Gasteiger partial charge in [-0.3, -0.25) is 9.10 Å². The van der Waals surface area contributed by atoms with Crippen molar-refractivity contribution in [2.75, 3.05) is 10.8 Å². The third-order valence-corrected chi connectivity index (χ3v) is 7.66. The number of carbonyl (C=O) groups is 1. The number of hydrogen-bond acceptors (Lipinski definition) is 5. The highest BCUT2D eigenvalue weighted by Crippen LogP contribution is 2.39. The summed E-state index contributed by atoms with van der Waals surface area (Å²) < 4.78 is 81.3. The van der Waals surface area contributed by atoms with Crippen molar-refractivity contribution < 1.29 is 41.0 Å². The molecule has 12 heteroatoms. The number of hydrogen-bond donors (Lipinski definition) is 1. The maximum atomic E-state index is 14.1. The van der Waals surface area contributed by atoms with Crippen LogP contribution in [0.4, 0.5) is 18.9 Å². The van der Waals surface area contributed by atoms with Crippen LogP contribution in [0.25, 0.3) is 0 Å². The van der Waals surface area contributed by atoms with E-state index < -0.39 is 50.7 Å². The zero-order valence-corrected chi connectivity index (χ0v) is 20.9. The van der Waals surface area contributed by atoms with Crippen LogP contribution in [0, 0.1) is 5.82 Å². The molecule has 7 nitrogen and oxygen atoms in total. The zero-order valence-electron chi connectivity index (χ0n) is 19.3. The first-order chi connectivity index (χ1) is 17.4. The molecule has 0 saturated carbocycles. The van der Waals surface area contributed by atoms with Crippen molar-refractivity contribution in [1.82, 2.24) is 0 Å². The van der Waals surface area contributed by atoms with E-state index in [0.29, 0.717) is 12.5 Å². The second-order valence-electron chi connectivity index (χ2n) is 8.43. The summed E-state index contributed by atoms with van der Waals surface area (Å²) in [5.74, 6) is -5.27. The summed E-state index contributed by atoms with van der Waals surface area (Å²) in [5, 5.41) is 9.27. The molecule has 0 spiro atoms. The van der Waals surface area contributed by atoms with E-state index in [0.717, 1.165) is 16.4 Å². The predicted molar refractivity (Wildman–Crippen MR) is 129 cm³/mol. The highest BCUT2D eigenvalue weighted by molar-refractivity contribution is 7.92. The second-order valence-corrected chi connectivity index (χ2v) is 10.7. The standard InChI is InChI=1S/C25H21ClF3NO6S/c1-25(28,29)16-4-2-5-18(11-16)37(33,34)30-13-17(12-23(31)32)36-22-9-8-15(10-21(22)30)14-35-24-19(26)6-3-7-20(24)27/h2-11,17H,12-14H2,1H3,(H,31,32). The Balaban J connectivity index is 1.72. The monoisotopic (exact) mass is 555 g/mol. The zero-order chi connectivity index (χ0) is 27.0. The molecule has 4 rings (SSSR count). The summed E-state index contributed by atoms with van der Waals surface area (Å²) >= 11 is 5.99. The molecule has 0 fully saturated rings. The van der Waals surface area contributed by atoms with Crippen molar-refractivity contribution in [3.8, 4) is 11.5 Å². The first-order valence-electron chi connectivity index (χ1n) is 11.0. The minimum Gasteiger partial charge on any atom is -0.486 e. The van der Waals surface area contributed by atoms with E-state index in [1.54, 1.807) is 6.07 Å². The number of sulfonamides is 1. The van der Waals surface area contributed by atoms with Gasteiger partial charge < -0.3 is 14.6 Å². The molecule has 1 atom stereocenters. The molecule has 1 aliphatic rings. The first kappa shape index (κ1) is 26.6. The van der Waals surface area contributed by atoms with E-state index in [9.17, 15) is 31.5 Å². The van der Waals surface area contributed by atoms with Gasteiger partial charge in [0.2, 0.25) is 0 Å². The van der Waals surface area contributed by atoms with Gasteiger partial charge >= 0.3 is 5.97 Å². The van der Waals surface area contributed by atoms with Crippen molar-refractivity contribution in [3.63, 3.8) is 0 Å². The Kier molecular flexibility index (Phi) is 7.29. The summed E-state index contributed by atoms with van der Waals surface area (Å²) in [4.78, 5) is 10.9. The van der Waals surface area contributed by atoms with Gasteiger partial charge in [-0.2, -0.15) is 0 Å². The maximum Gasteiger partial charge on any atom is 0.307 e. The topological polar surface area (TPSA) is 93.1 Å². The third kappa shape index (κ3) is 5.78. The number of carboxylic acid groups (broad SMARTS) is 1. The molecule has 37 heavy (non-hydrogen) atoms. The quantitative estimate of drug-likeness (QED) is 0.389. The van der Waals surface area contributed by atoms with Crippen molar-refractivity contribution in [1.29, 1.82) is 0 Å². The molecular weight excluding hydrogens is 535 g/mol. The summed E-state index contributed by atoms with van der Waals surface area (Å²) in [5.41, 5.74) is -0.0171. The number of rotatable bonds is 8. The third-order valence-electron chi connectivity index (χ3n) is 5.59. The fourth-order valence-corrected chi connectivity index (χ4v) is 5.57. The van der Waals surface area contributed by atoms with Crippen LogP contribution in [0.5, 0.6) is 11.5 Å². The molecule has 1 unspecified atom stereocenters. The number of ether oxygens (including phenoxy) is 2. The number of nitrogens with zero attached hydrogens (tertiary/aromatic N) is 1. The lowest BCUT2D eigenvalue weighted by Crippen LogP contribution is -2.44. The lowest BCUT2D eigenvalue weighted by molar-refractivity contribution is -0.138. The second kappa shape index (κ2) is 10.1. The highest BCUT2D eigenvalue weighted by atomic mass is 35.5. The Morgan fingerprint density at radius 3 is 2.59 bits per heavy atom. The minimum absolute atomic E-state index is 0.0506. The van der Waals surface area contributed by atoms with E-state index >= 15 is 0 Å². The van der Waals surface area contributed by atoms with Gasteiger partial charge in [-0.05, 0) is 42.0 Å². The van der Waals surface area contributed by atoms with Gasteiger partial charge in [-0.25, -0.2) is 21.6 Å². The van der Waals surface area contributed by atoms with E-state index in [-0.39, 0.29) is 35.4 Å². The molecule has 1 N–H and O–H groups in total. The Morgan fingerprint density at radius 2 is 1.92 bits per heavy atom. The number of para-hydroxylation sites is 1. The predicted octanol–water partition coefficient (Wildman–Crippen LogP) is 5.60. The molecule has 3 aromatic carbocycles. The van der Waals surface area contributed by atoms with Crippen LogP contribution in [0.15, 0.2) is 65.6 Å². The number of aliphatic carboxylic acids is 1. The van der Waals surface area contributed by atoms with Crippen molar-refractivity contribution in [2.45, 2.75) is 36.9 Å². The van der Waals surface area contributed by atoms with E-state index in [4.69, 9.17) is 21.1 Å². The Morgan fingerprint density at radius 1 is 1.19 bits per heavy atom. The Labute approximate surface area is 216 Å². The van der Waals surface area contributed by atoms with Crippen LogP contribution >= 0.6 is 11.6 Å². The molecule has 1 aliphatic heterocycles. The average Bonchev–Trinajstić information content (AvgIpc) is 2.82. The van der Waals surface area contributed by atoms with Crippen LogP contribution in [-0.4, -0.2) is 32.1 Å². The summed E-state index contributed by atoms with van der Waals surface area (Å²) in [7, 11) is -4.42. The van der Waals surface area contributed by atoms with E-state index in [1.807, 2.05) is 0 Å². The normalized spacial score (nSPS) is 15.6. The van der Waals surface area contributed by atoms with Crippen LogP contribution in [-0.2, 0) is 27.3 Å². The van der Waals surface area contributed by atoms with Crippen molar-refractivity contribution >= 4 is 33.3 Å². The van der Waals surface area contributed by atoms with Crippen molar-refractivity contribution in [2.24, 2.45) is 0 Å². The van der Waals surface area contributed by atoms with Gasteiger partial charge in [0.25, 0.3) is 15.9 Å². The number of halogens is 4. The SMILES string of the molecule is CC(F)(F)c1cccc(S(=O)(=O)N2CC(CC(=O)O)Oc3ccc(COc4c(F)cccc4Cl)cc32)c1. The van der Waals surface area contributed by atoms with E-state index in [2.05, 4.69) is 0 Å². The summed E-state index contributed by atoms with van der Waals surface area (Å²) in [6.07, 6.45) is -1.52. The maximum absolute atomic E-state index is 14.1. The number of fused-ring (bicyclic) bond motifs is 1. The van der Waals surface area contributed by atoms with Crippen LogP contribution in [0.3, 0.4) is 0 Å². The Hall–Kier alpha value is -3.44. The number of carboxylic acids is 1. The molecule has 0 aliphatic carbocycles. The van der Waals surface area contributed by atoms with Crippen molar-refractivity contribution in [3.05, 3.63) is 82.6 Å². The van der Waals surface area contributed by atoms with Gasteiger partial charge in [-0.1, -0.05) is 35.9 Å². The minimum atomic E-state index is -4.42. The average molecular weight is 556 g/mol.